The van der Waals surface area contributed by atoms with Gasteiger partial charge in [0.2, 0.25) is 0 Å². The smallest absolute Gasteiger partial charge is 0.114 e. The summed E-state index contributed by atoms with van der Waals surface area (Å²) >= 11 is 25.3. The zero-order valence-electron chi connectivity index (χ0n) is 9.29. The molecule has 0 aromatic heterocycles. The molecule has 0 bridgehead atoms. The van der Waals surface area contributed by atoms with Crippen molar-refractivity contribution >= 4 is 46.4 Å². The second-order valence-corrected chi connectivity index (χ2v) is 6.10. The van der Waals surface area contributed by atoms with Gasteiger partial charge in [-0.15, -0.1) is 11.6 Å². The van der Waals surface area contributed by atoms with E-state index in [1.54, 1.807) is 6.07 Å². The Hall–Kier alpha value is -0.400. The predicted octanol–water partition coefficient (Wildman–Crippen LogP) is 5.95. The van der Waals surface area contributed by atoms with Gasteiger partial charge in [0.15, 0.2) is 4.33 Å². The van der Waals surface area contributed by atoms with Gasteiger partial charge in [0, 0.05) is 5.02 Å². The molecular weight excluding hydrogens is 310 g/mol. The molecule has 0 aliphatic rings. The summed E-state index contributed by atoms with van der Waals surface area (Å²) in [6.07, 6.45) is 0. The van der Waals surface area contributed by atoms with Gasteiger partial charge in [-0.3, -0.25) is 0 Å². The number of benzene rings is 2. The highest BCUT2D eigenvalue weighted by Gasteiger charge is 2.37. The normalized spacial score (nSPS) is 13.3. The van der Waals surface area contributed by atoms with Crippen LogP contribution < -0.4 is 0 Å². The van der Waals surface area contributed by atoms with Crippen LogP contribution in [0, 0.1) is 0 Å². The highest BCUT2D eigenvalue weighted by atomic mass is 35.5. The highest BCUT2D eigenvalue weighted by molar-refractivity contribution is 6.52. The minimum Gasteiger partial charge on any atom is -0.114 e. The second-order valence-electron chi connectivity index (χ2n) is 3.87. The quantitative estimate of drug-likeness (QED) is 0.613. The summed E-state index contributed by atoms with van der Waals surface area (Å²) in [5.41, 5.74) is 1.46. The molecule has 2 aromatic rings. The van der Waals surface area contributed by atoms with Gasteiger partial charge >= 0.3 is 0 Å². The molecule has 0 amide bonds. The third-order valence-corrected chi connectivity index (χ3v) is 4.66. The van der Waals surface area contributed by atoms with E-state index in [1.807, 2.05) is 48.5 Å². The van der Waals surface area contributed by atoms with E-state index in [9.17, 15) is 0 Å². The first-order chi connectivity index (χ1) is 8.53. The Morgan fingerprint density at radius 3 is 2.00 bits per heavy atom. The Bertz CT molecular complexity index is 522. The predicted molar refractivity (Wildman–Crippen MR) is 79.9 cm³/mol. The summed E-state index contributed by atoms with van der Waals surface area (Å²) in [5.74, 6) is 0. The largest absolute Gasteiger partial charge is 0.163 e. The molecule has 1 unspecified atom stereocenters. The molecule has 0 aliphatic carbocycles. The van der Waals surface area contributed by atoms with Crippen LogP contribution in [0.2, 0.25) is 5.02 Å². The fourth-order valence-electron chi connectivity index (χ4n) is 1.68. The average molecular weight is 320 g/mol. The number of halogens is 4. The molecule has 2 rings (SSSR count). The first-order valence-corrected chi connectivity index (χ1v) is 6.92. The summed E-state index contributed by atoms with van der Waals surface area (Å²) in [4.78, 5) is 0. The van der Waals surface area contributed by atoms with E-state index in [0.717, 1.165) is 11.1 Å². The van der Waals surface area contributed by atoms with Crippen molar-refractivity contribution in [1.82, 2.24) is 0 Å². The van der Waals surface area contributed by atoms with Gasteiger partial charge in [0.25, 0.3) is 0 Å². The van der Waals surface area contributed by atoms with Crippen molar-refractivity contribution in [2.45, 2.75) is 9.71 Å². The van der Waals surface area contributed by atoms with Crippen molar-refractivity contribution < 1.29 is 0 Å². The van der Waals surface area contributed by atoms with Crippen molar-refractivity contribution in [3.05, 3.63) is 70.7 Å². The van der Waals surface area contributed by atoms with Crippen LogP contribution in [0.3, 0.4) is 0 Å². The number of rotatable bonds is 3. The summed E-state index contributed by atoms with van der Waals surface area (Å²) in [6, 6.07) is 16.6. The maximum Gasteiger partial charge on any atom is 0.163 e. The molecule has 0 radical (unpaired) electrons. The number of hydrogen-bond acceptors (Lipinski definition) is 0. The fraction of sp³-hybridized carbons (Fsp3) is 0.143. The lowest BCUT2D eigenvalue weighted by Gasteiger charge is -2.26. The lowest BCUT2D eigenvalue weighted by Crippen LogP contribution is -2.17. The lowest BCUT2D eigenvalue weighted by atomic mass is 10.0. The molecule has 94 valence electrons. The molecule has 0 spiro atoms. The molecule has 4 heteroatoms. The summed E-state index contributed by atoms with van der Waals surface area (Å²) in [7, 11) is 0. The fourth-order valence-corrected chi connectivity index (χ4v) is 2.79. The maximum atomic E-state index is 6.39. The maximum absolute atomic E-state index is 6.39. The standard InChI is InChI=1S/C14H10Cl4/c15-12-9-5-4-8-11(12)13(16)14(17,18)10-6-2-1-3-7-10/h1-9,13H. The van der Waals surface area contributed by atoms with E-state index in [4.69, 9.17) is 46.4 Å². The van der Waals surface area contributed by atoms with Gasteiger partial charge in [-0.1, -0.05) is 83.3 Å². The highest BCUT2D eigenvalue weighted by Crippen LogP contribution is 2.50. The Morgan fingerprint density at radius 2 is 1.39 bits per heavy atom. The Kier molecular flexibility index (Phi) is 4.45. The molecule has 18 heavy (non-hydrogen) atoms. The van der Waals surface area contributed by atoms with E-state index in [2.05, 4.69) is 0 Å². The molecular formula is C14H10Cl4. The first-order valence-electron chi connectivity index (χ1n) is 5.35. The summed E-state index contributed by atoms with van der Waals surface area (Å²) in [5, 5.41) is -0.0731. The first kappa shape index (κ1) is 14.0. The van der Waals surface area contributed by atoms with Gasteiger partial charge in [-0.2, -0.15) is 0 Å². The third kappa shape index (κ3) is 2.78. The molecule has 2 aromatic carbocycles. The third-order valence-electron chi connectivity index (χ3n) is 2.66. The molecule has 0 aliphatic heterocycles. The van der Waals surface area contributed by atoms with Crippen molar-refractivity contribution in [2.75, 3.05) is 0 Å². The molecule has 0 N–H and O–H groups in total. The minimum atomic E-state index is -1.23. The van der Waals surface area contributed by atoms with E-state index in [-0.39, 0.29) is 0 Å². The summed E-state index contributed by atoms with van der Waals surface area (Å²) in [6.45, 7) is 0. The Balaban J connectivity index is 2.39. The van der Waals surface area contributed by atoms with Gasteiger partial charge in [0.05, 0.1) is 5.38 Å². The van der Waals surface area contributed by atoms with Gasteiger partial charge in [-0.25, -0.2) is 0 Å². The topological polar surface area (TPSA) is 0 Å². The molecule has 0 fully saturated rings. The van der Waals surface area contributed by atoms with E-state index < -0.39 is 9.71 Å². The number of hydrogen-bond donors (Lipinski definition) is 0. The van der Waals surface area contributed by atoms with Crippen LogP contribution in [0.15, 0.2) is 54.6 Å². The second kappa shape index (κ2) is 5.71. The zero-order valence-corrected chi connectivity index (χ0v) is 12.3. The van der Waals surface area contributed by atoms with Gasteiger partial charge in [-0.05, 0) is 17.2 Å². The van der Waals surface area contributed by atoms with E-state index in [0.29, 0.717) is 5.02 Å². The van der Waals surface area contributed by atoms with Crippen LogP contribution in [0.1, 0.15) is 16.5 Å². The number of alkyl halides is 3. The lowest BCUT2D eigenvalue weighted by molar-refractivity contribution is 0.803. The van der Waals surface area contributed by atoms with Crippen molar-refractivity contribution in [1.29, 1.82) is 0 Å². The minimum absolute atomic E-state index is 0.555. The molecule has 1 atom stereocenters. The van der Waals surface area contributed by atoms with Crippen LogP contribution >= 0.6 is 46.4 Å². The Labute approximate surface area is 126 Å². The van der Waals surface area contributed by atoms with Crippen molar-refractivity contribution in [3.8, 4) is 0 Å². The molecule has 0 heterocycles. The Morgan fingerprint density at radius 1 is 0.833 bits per heavy atom. The SMILES string of the molecule is Clc1ccccc1C(Cl)C(Cl)(Cl)c1ccccc1. The average Bonchev–Trinajstić information content (AvgIpc) is 2.39. The molecule has 0 saturated heterocycles. The monoisotopic (exact) mass is 318 g/mol. The van der Waals surface area contributed by atoms with Crippen LogP contribution in [-0.2, 0) is 4.33 Å². The van der Waals surface area contributed by atoms with Crippen LogP contribution in [0.4, 0.5) is 0 Å². The molecule has 0 saturated carbocycles. The van der Waals surface area contributed by atoms with Crippen molar-refractivity contribution in [2.24, 2.45) is 0 Å². The van der Waals surface area contributed by atoms with Crippen LogP contribution in [0.5, 0.6) is 0 Å². The van der Waals surface area contributed by atoms with Crippen LogP contribution in [0.25, 0.3) is 0 Å². The van der Waals surface area contributed by atoms with Crippen LogP contribution in [-0.4, -0.2) is 0 Å². The summed E-state index contributed by atoms with van der Waals surface area (Å²) < 4.78 is -1.23. The van der Waals surface area contributed by atoms with Crippen molar-refractivity contribution in [3.63, 3.8) is 0 Å². The van der Waals surface area contributed by atoms with E-state index >= 15 is 0 Å². The van der Waals surface area contributed by atoms with Gasteiger partial charge in [0.1, 0.15) is 0 Å². The van der Waals surface area contributed by atoms with E-state index in [1.165, 1.54) is 0 Å². The molecule has 0 nitrogen and oxygen atoms in total. The zero-order chi connectivity index (χ0) is 13.2. The van der Waals surface area contributed by atoms with Gasteiger partial charge < -0.3 is 0 Å².